The van der Waals surface area contributed by atoms with Crippen LogP contribution in [0.25, 0.3) is 11.0 Å². The standard InChI is InChI=1S/C21H25N3O3/c1-14(2)20(21-22-15-8-4-5-9-16(15)23-21)24-19(25)12-13-27-18-11-7-6-10-17(18)26-3/h4-11,14,20H,12-13H2,1-3H3,(H,22,23)(H,24,25). The third kappa shape index (κ3) is 4.58. The Labute approximate surface area is 158 Å². The van der Waals surface area contributed by atoms with E-state index in [0.29, 0.717) is 11.5 Å². The van der Waals surface area contributed by atoms with Crippen molar-refractivity contribution in [2.75, 3.05) is 13.7 Å². The molecule has 1 amide bonds. The topological polar surface area (TPSA) is 76.2 Å². The zero-order chi connectivity index (χ0) is 19.2. The molecule has 0 bridgehead atoms. The fraction of sp³-hybridized carbons (Fsp3) is 0.333. The molecule has 0 spiro atoms. The van der Waals surface area contributed by atoms with Crippen molar-refractivity contribution in [3.05, 3.63) is 54.4 Å². The van der Waals surface area contributed by atoms with Crippen LogP contribution in [-0.2, 0) is 4.79 Å². The number of carbonyl (C=O) groups is 1. The number of benzene rings is 2. The Bertz CT molecular complexity index is 871. The highest BCUT2D eigenvalue weighted by molar-refractivity contribution is 5.77. The first-order chi connectivity index (χ1) is 13.1. The summed E-state index contributed by atoms with van der Waals surface area (Å²) in [7, 11) is 1.59. The van der Waals surface area contributed by atoms with Gasteiger partial charge in [0.15, 0.2) is 11.5 Å². The third-order valence-corrected chi connectivity index (χ3v) is 4.34. The number of carbonyl (C=O) groups excluding carboxylic acids is 1. The van der Waals surface area contributed by atoms with E-state index in [1.54, 1.807) is 7.11 Å². The molecule has 2 N–H and O–H groups in total. The summed E-state index contributed by atoms with van der Waals surface area (Å²) in [5.74, 6) is 2.17. The molecule has 0 aliphatic rings. The SMILES string of the molecule is COc1ccccc1OCCC(=O)NC(c1nc2ccccc2[nH]1)C(C)C. The minimum atomic E-state index is -0.184. The number of ether oxygens (including phenoxy) is 2. The van der Waals surface area contributed by atoms with E-state index in [-0.39, 0.29) is 30.9 Å². The Balaban J connectivity index is 1.60. The zero-order valence-electron chi connectivity index (χ0n) is 15.9. The van der Waals surface area contributed by atoms with Crippen molar-refractivity contribution in [1.82, 2.24) is 15.3 Å². The number of aromatic amines is 1. The molecule has 1 heterocycles. The van der Waals surface area contributed by atoms with Crippen molar-refractivity contribution in [2.45, 2.75) is 26.3 Å². The van der Waals surface area contributed by atoms with Gasteiger partial charge in [-0.25, -0.2) is 4.98 Å². The van der Waals surface area contributed by atoms with Gasteiger partial charge in [-0.3, -0.25) is 4.79 Å². The molecule has 6 nitrogen and oxygen atoms in total. The number of hydrogen-bond acceptors (Lipinski definition) is 4. The molecule has 1 atom stereocenters. The predicted molar refractivity (Wildman–Crippen MR) is 105 cm³/mol. The van der Waals surface area contributed by atoms with Crippen LogP contribution in [0.3, 0.4) is 0 Å². The number of nitrogens with zero attached hydrogens (tertiary/aromatic N) is 1. The number of aromatic nitrogens is 2. The Morgan fingerprint density at radius 1 is 1.11 bits per heavy atom. The third-order valence-electron chi connectivity index (χ3n) is 4.34. The number of amides is 1. The van der Waals surface area contributed by atoms with Crippen molar-refractivity contribution in [1.29, 1.82) is 0 Å². The van der Waals surface area contributed by atoms with Crippen molar-refractivity contribution in [2.24, 2.45) is 5.92 Å². The first-order valence-electron chi connectivity index (χ1n) is 9.08. The minimum Gasteiger partial charge on any atom is -0.493 e. The molecule has 2 aromatic carbocycles. The largest absolute Gasteiger partial charge is 0.493 e. The highest BCUT2D eigenvalue weighted by Gasteiger charge is 2.21. The number of imidazole rings is 1. The Hall–Kier alpha value is -3.02. The molecule has 0 saturated carbocycles. The van der Waals surface area contributed by atoms with Crippen LogP contribution in [0, 0.1) is 5.92 Å². The summed E-state index contributed by atoms with van der Waals surface area (Å²) in [6.45, 7) is 4.39. The number of para-hydroxylation sites is 4. The summed E-state index contributed by atoms with van der Waals surface area (Å²) in [4.78, 5) is 20.4. The van der Waals surface area contributed by atoms with Gasteiger partial charge in [0.25, 0.3) is 0 Å². The maximum atomic E-state index is 12.4. The van der Waals surface area contributed by atoms with Crippen LogP contribution in [0.4, 0.5) is 0 Å². The lowest BCUT2D eigenvalue weighted by atomic mass is 10.0. The maximum absolute atomic E-state index is 12.4. The molecule has 0 radical (unpaired) electrons. The molecule has 142 valence electrons. The van der Waals surface area contributed by atoms with E-state index in [0.717, 1.165) is 16.9 Å². The predicted octanol–water partition coefficient (Wildman–Crippen LogP) is 3.85. The molecule has 1 aromatic heterocycles. The lowest BCUT2D eigenvalue weighted by Crippen LogP contribution is -2.33. The van der Waals surface area contributed by atoms with E-state index in [9.17, 15) is 4.79 Å². The maximum Gasteiger partial charge on any atom is 0.224 e. The van der Waals surface area contributed by atoms with Gasteiger partial charge in [-0.1, -0.05) is 38.1 Å². The number of fused-ring (bicyclic) bond motifs is 1. The van der Waals surface area contributed by atoms with Gasteiger partial charge in [-0.05, 0) is 30.2 Å². The summed E-state index contributed by atoms with van der Waals surface area (Å²) in [5, 5.41) is 3.06. The molecule has 6 heteroatoms. The fourth-order valence-corrected chi connectivity index (χ4v) is 2.91. The molecular weight excluding hydrogens is 342 g/mol. The van der Waals surface area contributed by atoms with E-state index < -0.39 is 0 Å². The fourth-order valence-electron chi connectivity index (χ4n) is 2.91. The molecular formula is C21H25N3O3. The highest BCUT2D eigenvalue weighted by atomic mass is 16.5. The molecule has 3 rings (SSSR count). The molecule has 27 heavy (non-hydrogen) atoms. The number of hydrogen-bond donors (Lipinski definition) is 2. The van der Waals surface area contributed by atoms with Gasteiger partial charge in [0.05, 0.1) is 37.2 Å². The van der Waals surface area contributed by atoms with Crippen LogP contribution in [0.1, 0.15) is 32.1 Å². The van der Waals surface area contributed by atoms with E-state index in [1.807, 2.05) is 48.5 Å². The number of methoxy groups -OCH3 is 1. The number of H-pyrrole nitrogens is 1. The van der Waals surface area contributed by atoms with E-state index in [1.165, 1.54) is 0 Å². The van der Waals surface area contributed by atoms with Crippen LogP contribution < -0.4 is 14.8 Å². The summed E-state index contributed by atoms with van der Waals surface area (Å²) < 4.78 is 10.9. The summed E-state index contributed by atoms with van der Waals surface area (Å²) in [5.41, 5.74) is 1.86. The van der Waals surface area contributed by atoms with Gasteiger partial charge in [-0.2, -0.15) is 0 Å². The van der Waals surface area contributed by atoms with Crippen LogP contribution in [-0.4, -0.2) is 29.6 Å². The first-order valence-corrected chi connectivity index (χ1v) is 9.08. The van der Waals surface area contributed by atoms with Crippen LogP contribution in [0.15, 0.2) is 48.5 Å². The normalized spacial score (nSPS) is 12.1. The minimum absolute atomic E-state index is 0.0796. The lowest BCUT2D eigenvalue weighted by Gasteiger charge is -2.20. The van der Waals surface area contributed by atoms with Gasteiger partial charge in [0.2, 0.25) is 5.91 Å². The Morgan fingerprint density at radius 2 is 1.81 bits per heavy atom. The van der Waals surface area contributed by atoms with E-state index in [4.69, 9.17) is 9.47 Å². The number of rotatable bonds is 8. The van der Waals surface area contributed by atoms with Crippen molar-refractivity contribution >= 4 is 16.9 Å². The summed E-state index contributed by atoms with van der Waals surface area (Å²) in [6, 6.07) is 15.0. The first kappa shape index (κ1) is 18.8. The van der Waals surface area contributed by atoms with Crippen LogP contribution in [0.2, 0.25) is 0 Å². The average Bonchev–Trinajstić information content (AvgIpc) is 3.10. The van der Waals surface area contributed by atoms with Gasteiger partial charge in [0.1, 0.15) is 5.82 Å². The summed E-state index contributed by atoms with van der Waals surface area (Å²) >= 11 is 0. The van der Waals surface area contributed by atoms with Gasteiger partial charge < -0.3 is 19.8 Å². The Morgan fingerprint density at radius 3 is 2.52 bits per heavy atom. The Kier molecular flexibility index (Phi) is 5.96. The number of nitrogens with one attached hydrogen (secondary N) is 2. The van der Waals surface area contributed by atoms with Gasteiger partial charge in [0, 0.05) is 0 Å². The second kappa shape index (κ2) is 8.58. The van der Waals surface area contributed by atoms with Crippen molar-refractivity contribution in [3.63, 3.8) is 0 Å². The second-order valence-electron chi connectivity index (χ2n) is 6.68. The highest BCUT2D eigenvalue weighted by Crippen LogP contribution is 2.26. The zero-order valence-corrected chi connectivity index (χ0v) is 15.9. The van der Waals surface area contributed by atoms with Crippen LogP contribution >= 0.6 is 0 Å². The smallest absolute Gasteiger partial charge is 0.224 e. The monoisotopic (exact) mass is 367 g/mol. The lowest BCUT2D eigenvalue weighted by molar-refractivity contribution is -0.122. The van der Waals surface area contributed by atoms with Gasteiger partial charge in [-0.15, -0.1) is 0 Å². The molecule has 0 saturated heterocycles. The average molecular weight is 367 g/mol. The van der Waals surface area contributed by atoms with E-state index >= 15 is 0 Å². The molecule has 0 fully saturated rings. The summed E-state index contributed by atoms with van der Waals surface area (Å²) in [6.07, 6.45) is 0.251. The molecule has 0 aliphatic carbocycles. The molecule has 3 aromatic rings. The van der Waals surface area contributed by atoms with Crippen molar-refractivity contribution < 1.29 is 14.3 Å². The molecule has 0 aliphatic heterocycles. The van der Waals surface area contributed by atoms with Crippen LogP contribution in [0.5, 0.6) is 11.5 Å². The second-order valence-corrected chi connectivity index (χ2v) is 6.68. The van der Waals surface area contributed by atoms with Gasteiger partial charge >= 0.3 is 0 Å². The quantitative estimate of drug-likeness (QED) is 0.634. The van der Waals surface area contributed by atoms with E-state index in [2.05, 4.69) is 29.1 Å². The van der Waals surface area contributed by atoms with Crippen molar-refractivity contribution in [3.8, 4) is 11.5 Å². The molecule has 1 unspecified atom stereocenters.